The number of hydrogen-bond donors (Lipinski definition) is 1. The molecule has 0 atom stereocenters. The summed E-state index contributed by atoms with van der Waals surface area (Å²) in [6.45, 7) is 5.16. The number of nitrogens with one attached hydrogen (secondary N) is 1. The fourth-order valence-electron chi connectivity index (χ4n) is 1.13. The normalized spacial score (nSPS) is 10.1. The van der Waals surface area contributed by atoms with Crippen molar-refractivity contribution in [1.82, 2.24) is 9.78 Å². The van der Waals surface area contributed by atoms with Crippen LogP contribution in [0.5, 0.6) is 0 Å². The van der Waals surface area contributed by atoms with Crippen LogP contribution in [0.15, 0.2) is 6.20 Å². The van der Waals surface area contributed by atoms with Gasteiger partial charge in [0.05, 0.1) is 11.4 Å². The Balaban J connectivity index is 2.83. The maximum absolute atomic E-state index is 4.30. The molecule has 0 amide bonds. The molecule has 0 spiro atoms. The molecule has 1 heterocycles. The Kier molecular flexibility index (Phi) is 2.52. The Morgan fingerprint density at radius 2 is 2.27 bits per heavy atom. The predicted octanol–water partition coefficient (Wildman–Crippen LogP) is 1.41. The van der Waals surface area contributed by atoms with E-state index in [0.29, 0.717) is 0 Å². The molecule has 62 valence electrons. The minimum Gasteiger partial charge on any atom is -0.383 e. The summed E-state index contributed by atoms with van der Waals surface area (Å²) < 4.78 is 1.84. The van der Waals surface area contributed by atoms with Crippen molar-refractivity contribution in [3.63, 3.8) is 0 Å². The lowest BCUT2D eigenvalue weighted by molar-refractivity contribution is 0.746. The van der Waals surface area contributed by atoms with Gasteiger partial charge in [-0.25, -0.2) is 0 Å². The average molecular weight is 153 g/mol. The molecule has 3 nitrogen and oxygen atoms in total. The summed E-state index contributed by atoms with van der Waals surface area (Å²) in [6.07, 6.45) is 3.01. The van der Waals surface area contributed by atoms with E-state index in [0.717, 1.165) is 24.3 Å². The molecular weight excluding hydrogens is 138 g/mol. The van der Waals surface area contributed by atoms with Gasteiger partial charge in [-0.15, -0.1) is 0 Å². The fourth-order valence-corrected chi connectivity index (χ4v) is 1.13. The molecular formula is C8H15N3. The van der Waals surface area contributed by atoms with Crippen molar-refractivity contribution in [1.29, 1.82) is 0 Å². The Morgan fingerprint density at radius 1 is 1.55 bits per heavy atom. The third-order valence-corrected chi connectivity index (χ3v) is 1.61. The van der Waals surface area contributed by atoms with Crippen LogP contribution in [0.2, 0.25) is 0 Å². The van der Waals surface area contributed by atoms with E-state index in [1.807, 2.05) is 17.9 Å². The Hall–Kier alpha value is -0.990. The van der Waals surface area contributed by atoms with E-state index in [2.05, 4.69) is 24.3 Å². The lowest BCUT2D eigenvalue weighted by Crippen LogP contribution is -1.97. The van der Waals surface area contributed by atoms with E-state index in [1.54, 1.807) is 0 Å². The maximum atomic E-state index is 4.30. The molecule has 0 fully saturated rings. The highest BCUT2D eigenvalue weighted by atomic mass is 15.3. The van der Waals surface area contributed by atoms with Gasteiger partial charge in [0, 0.05) is 19.8 Å². The fraction of sp³-hybridized carbons (Fsp3) is 0.625. The molecule has 0 saturated carbocycles. The second-order valence-electron chi connectivity index (χ2n) is 2.55. The van der Waals surface area contributed by atoms with E-state index < -0.39 is 0 Å². The highest BCUT2D eigenvalue weighted by Crippen LogP contribution is 2.12. The van der Waals surface area contributed by atoms with Crippen LogP contribution in [-0.4, -0.2) is 16.3 Å². The molecule has 11 heavy (non-hydrogen) atoms. The summed E-state index contributed by atoms with van der Waals surface area (Å²) >= 11 is 0. The third kappa shape index (κ3) is 1.73. The molecule has 0 bridgehead atoms. The van der Waals surface area contributed by atoms with Gasteiger partial charge < -0.3 is 5.32 Å². The predicted molar refractivity (Wildman–Crippen MR) is 46.7 cm³/mol. The van der Waals surface area contributed by atoms with Crippen LogP contribution in [0.25, 0.3) is 0 Å². The van der Waals surface area contributed by atoms with Crippen molar-refractivity contribution >= 4 is 5.69 Å². The van der Waals surface area contributed by atoms with Crippen molar-refractivity contribution < 1.29 is 0 Å². The summed E-state index contributed by atoms with van der Waals surface area (Å²) in [6, 6.07) is 0. The minimum absolute atomic E-state index is 0.957. The van der Waals surface area contributed by atoms with Gasteiger partial charge in [-0.3, -0.25) is 4.68 Å². The number of rotatable bonds is 3. The van der Waals surface area contributed by atoms with Crippen molar-refractivity contribution in [2.45, 2.75) is 20.3 Å². The van der Waals surface area contributed by atoms with Gasteiger partial charge in [0.1, 0.15) is 0 Å². The molecule has 0 saturated heterocycles. The molecule has 0 aliphatic rings. The van der Waals surface area contributed by atoms with Crippen molar-refractivity contribution in [3.8, 4) is 0 Å². The van der Waals surface area contributed by atoms with Crippen molar-refractivity contribution in [3.05, 3.63) is 11.9 Å². The smallest absolute Gasteiger partial charge is 0.0853 e. The van der Waals surface area contributed by atoms with Crippen molar-refractivity contribution in [2.75, 3.05) is 11.9 Å². The van der Waals surface area contributed by atoms with E-state index in [1.165, 1.54) is 0 Å². The third-order valence-electron chi connectivity index (χ3n) is 1.61. The molecule has 0 radical (unpaired) electrons. The van der Waals surface area contributed by atoms with Gasteiger partial charge in [0.2, 0.25) is 0 Å². The van der Waals surface area contributed by atoms with Crippen LogP contribution in [-0.2, 0) is 13.5 Å². The van der Waals surface area contributed by atoms with Gasteiger partial charge in [-0.1, -0.05) is 6.92 Å². The van der Waals surface area contributed by atoms with Crippen LogP contribution >= 0.6 is 0 Å². The van der Waals surface area contributed by atoms with Gasteiger partial charge in [-0.2, -0.15) is 5.10 Å². The first-order chi connectivity index (χ1) is 5.27. The molecule has 0 aliphatic heterocycles. The van der Waals surface area contributed by atoms with Crippen LogP contribution in [0, 0.1) is 0 Å². The van der Waals surface area contributed by atoms with Gasteiger partial charge in [-0.05, 0) is 13.3 Å². The number of aryl methyl sites for hydroxylation is 2. The summed E-state index contributed by atoms with van der Waals surface area (Å²) in [7, 11) is 1.94. The quantitative estimate of drug-likeness (QED) is 0.711. The van der Waals surface area contributed by atoms with E-state index in [-0.39, 0.29) is 0 Å². The topological polar surface area (TPSA) is 29.9 Å². The first kappa shape index (κ1) is 8.11. The second-order valence-corrected chi connectivity index (χ2v) is 2.55. The van der Waals surface area contributed by atoms with Crippen molar-refractivity contribution in [2.24, 2.45) is 7.05 Å². The highest BCUT2D eigenvalue weighted by molar-refractivity contribution is 5.45. The number of nitrogens with zero attached hydrogens (tertiary/aromatic N) is 2. The number of aromatic nitrogens is 2. The van der Waals surface area contributed by atoms with Crippen LogP contribution < -0.4 is 5.32 Å². The first-order valence-electron chi connectivity index (χ1n) is 4.04. The Labute approximate surface area is 67.4 Å². The van der Waals surface area contributed by atoms with Crippen LogP contribution in [0.1, 0.15) is 19.5 Å². The molecule has 1 aromatic heterocycles. The summed E-state index contributed by atoms with van der Waals surface area (Å²) in [5.74, 6) is 0. The Bertz CT molecular complexity index is 227. The molecule has 0 unspecified atom stereocenters. The van der Waals surface area contributed by atoms with E-state index in [9.17, 15) is 0 Å². The van der Waals surface area contributed by atoms with E-state index in [4.69, 9.17) is 0 Å². The zero-order valence-corrected chi connectivity index (χ0v) is 7.39. The van der Waals surface area contributed by atoms with Gasteiger partial charge in [0.15, 0.2) is 0 Å². The molecule has 1 N–H and O–H groups in total. The zero-order chi connectivity index (χ0) is 8.27. The summed E-state index contributed by atoms with van der Waals surface area (Å²) in [5.41, 5.74) is 2.31. The molecule has 3 heteroatoms. The molecule has 0 aliphatic carbocycles. The Morgan fingerprint density at radius 3 is 2.82 bits per heavy atom. The number of anilines is 1. The second kappa shape index (κ2) is 3.42. The average Bonchev–Trinajstić information content (AvgIpc) is 2.32. The first-order valence-corrected chi connectivity index (χ1v) is 4.04. The summed E-state index contributed by atoms with van der Waals surface area (Å²) in [4.78, 5) is 0. The minimum atomic E-state index is 0.957. The lowest BCUT2D eigenvalue weighted by Gasteiger charge is -1.99. The largest absolute Gasteiger partial charge is 0.383 e. The molecule has 0 aromatic carbocycles. The van der Waals surface area contributed by atoms with Gasteiger partial charge in [0.25, 0.3) is 0 Å². The number of hydrogen-bond acceptors (Lipinski definition) is 2. The van der Waals surface area contributed by atoms with Crippen LogP contribution in [0.4, 0.5) is 5.69 Å². The SMILES string of the molecule is CCNc1cn(C)nc1CC. The summed E-state index contributed by atoms with van der Waals surface area (Å²) in [5, 5.41) is 7.57. The van der Waals surface area contributed by atoms with Crippen LogP contribution in [0.3, 0.4) is 0 Å². The highest BCUT2D eigenvalue weighted by Gasteiger charge is 2.02. The van der Waals surface area contributed by atoms with E-state index >= 15 is 0 Å². The zero-order valence-electron chi connectivity index (χ0n) is 7.39. The van der Waals surface area contributed by atoms with Gasteiger partial charge >= 0.3 is 0 Å². The maximum Gasteiger partial charge on any atom is 0.0853 e. The molecule has 1 rings (SSSR count). The monoisotopic (exact) mass is 153 g/mol. The standard InChI is InChI=1S/C8H15N3/c1-4-7-8(9-5-2)6-11(3)10-7/h6,9H,4-5H2,1-3H3. The molecule has 1 aromatic rings. The lowest BCUT2D eigenvalue weighted by atomic mass is 10.3.